The van der Waals surface area contributed by atoms with Crippen LogP contribution < -0.4 is 0 Å². The van der Waals surface area contributed by atoms with Crippen LogP contribution in [0.2, 0.25) is 0 Å². The van der Waals surface area contributed by atoms with Gasteiger partial charge in [-0.05, 0) is 116 Å². The zero-order valence-electron chi connectivity index (χ0n) is 13.9. The number of halogens is 2. The van der Waals surface area contributed by atoms with E-state index in [2.05, 4.69) is 120 Å². The third-order valence-corrected chi connectivity index (χ3v) is 5.85. The maximum absolute atomic E-state index is 2.40. The Morgan fingerprint density at radius 3 is 1.21 bits per heavy atom. The fraction of sp³-hybridized carbons (Fsp3) is 0.182. The molecule has 2 heteroatoms. The van der Waals surface area contributed by atoms with E-state index in [-0.39, 0.29) is 0 Å². The van der Waals surface area contributed by atoms with E-state index in [9.17, 15) is 0 Å². The molecular weight excluding hydrogens is 518 g/mol. The van der Waals surface area contributed by atoms with Gasteiger partial charge in [0.25, 0.3) is 0 Å². The van der Waals surface area contributed by atoms with Crippen molar-refractivity contribution < 1.29 is 0 Å². The smallest absolute Gasteiger partial charge is 0.0130 e. The Morgan fingerprint density at radius 2 is 0.917 bits per heavy atom. The Morgan fingerprint density at radius 1 is 0.583 bits per heavy atom. The van der Waals surface area contributed by atoms with Gasteiger partial charge in [0.05, 0.1) is 0 Å². The van der Waals surface area contributed by atoms with Crippen molar-refractivity contribution >= 4 is 45.2 Å². The lowest BCUT2D eigenvalue weighted by atomic mass is 9.88. The predicted octanol–water partition coefficient (Wildman–Crippen LogP) is 7.35. The van der Waals surface area contributed by atoms with Gasteiger partial charge in [-0.25, -0.2) is 0 Å². The molecule has 0 nitrogen and oxygen atoms in total. The standard InChI is InChI=1S/C22H20I2/c1-3-15-13-21(17-5-9-19(23)10-6-17)22(14-16(15)4-2)18-7-11-20(24)12-8-18/h5-14H,3-4H2,1-2H3. The third-order valence-electron chi connectivity index (χ3n) is 4.41. The summed E-state index contributed by atoms with van der Waals surface area (Å²) in [5, 5.41) is 0. The predicted molar refractivity (Wildman–Crippen MR) is 122 cm³/mol. The Hall–Kier alpha value is -0.880. The second kappa shape index (κ2) is 8.00. The van der Waals surface area contributed by atoms with Crippen LogP contribution in [0.25, 0.3) is 22.3 Å². The summed E-state index contributed by atoms with van der Waals surface area (Å²) in [6.45, 7) is 4.49. The summed E-state index contributed by atoms with van der Waals surface area (Å²) in [4.78, 5) is 0. The first-order valence-electron chi connectivity index (χ1n) is 8.30. The average Bonchev–Trinajstić information content (AvgIpc) is 2.62. The molecule has 0 spiro atoms. The average molecular weight is 538 g/mol. The van der Waals surface area contributed by atoms with E-state index < -0.39 is 0 Å². The maximum Gasteiger partial charge on any atom is 0.0130 e. The van der Waals surface area contributed by atoms with Crippen molar-refractivity contribution in [3.8, 4) is 22.3 Å². The van der Waals surface area contributed by atoms with E-state index in [1.54, 1.807) is 0 Å². The summed E-state index contributed by atoms with van der Waals surface area (Å²) < 4.78 is 2.54. The normalized spacial score (nSPS) is 10.8. The maximum atomic E-state index is 2.40. The van der Waals surface area contributed by atoms with E-state index >= 15 is 0 Å². The topological polar surface area (TPSA) is 0 Å². The summed E-state index contributed by atoms with van der Waals surface area (Å²) in [5.74, 6) is 0. The molecule has 0 aliphatic rings. The van der Waals surface area contributed by atoms with Crippen LogP contribution in [-0.4, -0.2) is 0 Å². The van der Waals surface area contributed by atoms with Crippen LogP contribution in [0.3, 0.4) is 0 Å². The van der Waals surface area contributed by atoms with Crippen LogP contribution in [0.5, 0.6) is 0 Å². The highest BCUT2D eigenvalue weighted by atomic mass is 127. The molecule has 0 N–H and O–H groups in total. The molecule has 24 heavy (non-hydrogen) atoms. The first kappa shape index (κ1) is 17.9. The van der Waals surface area contributed by atoms with Crippen LogP contribution in [0.1, 0.15) is 25.0 Å². The molecule has 0 aliphatic carbocycles. The lowest BCUT2D eigenvalue weighted by Gasteiger charge is -2.16. The fourth-order valence-corrected chi connectivity index (χ4v) is 3.80. The quantitative estimate of drug-likeness (QED) is 0.305. The minimum Gasteiger partial charge on any atom is -0.0613 e. The van der Waals surface area contributed by atoms with Crippen molar-refractivity contribution in [2.45, 2.75) is 26.7 Å². The van der Waals surface area contributed by atoms with Gasteiger partial charge in [-0.1, -0.05) is 50.2 Å². The van der Waals surface area contributed by atoms with Crippen molar-refractivity contribution in [2.75, 3.05) is 0 Å². The lowest BCUT2D eigenvalue weighted by molar-refractivity contribution is 1.04. The van der Waals surface area contributed by atoms with Crippen molar-refractivity contribution in [1.82, 2.24) is 0 Å². The largest absolute Gasteiger partial charge is 0.0613 e. The van der Waals surface area contributed by atoms with Crippen molar-refractivity contribution in [3.63, 3.8) is 0 Å². The molecule has 0 aromatic heterocycles. The second-order valence-corrected chi connectivity index (χ2v) is 8.38. The number of aryl methyl sites for hydroxylation is 2. The van der Waals surface area contributed by atoms with E-state index in [0.29, 0.717) is 0 Å². The first-order chi connectivity index (χ1) is 11.6. The van der Waals surface area contributed by atoms with Gasteiger partial charge in [-0.3, -0.25) is 0 Å². The van der Waals surface area contributed by atoms with Crippen molar-refractivity contribution in [1.29, 1.82) is 0 Å². The molecule has 0 atom stereocenters. The SMILES string of the molecule is CCc1cc(-c2ccc(I)cc2)c(-c2ccc(I)cc2)cc1CC. The van der Waals surface area contributed by atoms with Gasteiger partial charge in [0.15, 0.2) is 0 Å². The second-order valence-electron chi connectivity index (χ2n) is 5.89. The highest BCUT2D eigenvalue weighted by Gasteiger charge is 2.12. The molecular formula is C22H20I2. The highest BCUT2D eigenvalue weighted by molar-refractivity contribution is 14.1. The molecule has 0 fully saturated rings. The molecule has 3 aromatic carbocycles. The Bertz CT molecular complexity index is 759. The van der Waals surface area contributed by atoms with Gasteiger partial charge in [-0.2, -0.15) is 0 Å². The zero-order chi connectivity index (χ0) is 17.1. The summed E-state index contributed by atoms with van der Waals surface area (Å²) in [6, 6.07) is 22.5. The van der Waals surface area contributed by atoms with E-state index in [1.165, 1.54) is 40.5 Å². The Labute approximate surface area is 172 Å². The molecule has 0 amide bonds. The zero-order valence-corrected chi connectivity index (χ0v) is 18.3. The number of hydrogen-bond acceptors (Lipinski definition) is 0. The van der Waals surface area contributed by atoms with E-state index in [4.69, 9.17) is 0 Å². The molecule has 0 unspecified atom stereocenters. The minimum atomic E-state index is 1.08. The molecule has 0 bridgehead atoms. The van der Waals surface area contributed by atoms with Crippen molar-refractivity contribution in [3.05, 3.63) is 78.9 Å². The fourth-order valence-electron chi connectivity index (χ4n) is 3.08. The molecule has 0 heterocycles. The van der Waals surface area contributed by atoms with Gasteiger partial charge in [-0.15, -0.1) is 0 Å². The van der Waals surface area contributed by atoms with Gasteiger partial charge in [0.2, 0.25) is 0 Å². The molecule has 0 radical (unpaired) electrons. The van der Waals surface area contributed by atoms with E-state index in [1.807, 2.05) is 0 Å². The van der Waals surface area contributed by atoms with Crippen LogP contribution in [0.4, 0.5) is 0 Å². The molecule has 3 aromatic rings. The molecule has 3 rings (SSSR count). The summed E-state index contributed by atoms with van der Waals surface area (Å²) in [5.41, 5.74) is 8.17. The number of benzene rings is 3. The molecule has 0 saturated heterocycles. The molecule has 0 aliphatic heterocycles. The van der Waals surface area contributed by atoms with Gasteiger partial charge < -0.3 is 0 Å². The van der Waals surface area contributed by atoms with Crippen molar-refractivity contribution in [2.24, 2.45) is 0 Å². The van der Waals surface area contributed by atoms with Gasteiger partial charge in [0.1, 0.15) is 0 Å². The van der Waals surface area contributed by atoms with Gasteiger partial charge >= 0.3 is 0 Å². The molecule has 0 saturated carbocycles. The van der Waals surface area contributed by atoms with Crippen LogP contribution in [0.15, 0.2) is 60.7 Å². The summed E-state index contributed by atoms with van der Waals surface area (Å²) in [7, 11) is 0. The Kier molecular flexibility index (Phi) is 5.98. The third kappa shape index (κ3) is 3.85. The highest BCUT2D eigenvalue weighted by Crippen LogP contribution is 2.35. The summed E-state index contributed by atoms with van der Waals surface area (Å²) in [6.07, 6.45) is 2.15. The number of rotatable bonds is 4. The lowest BCUT2D eigenvalue weighted by Crippen LogP contribution is -1.96. The number of hydrogen-bond donors (Lipinski definition) is 0. The minimum absolute atomic E-state index is 1.08. The summed E-state index contributed by atoms with van der Waals surface area (Å²) >= 11 is 4.73. The van der Waals surface area contributed by atoms with Crippen LogP contribution in [-0.2, 0) is 12.8 Å². The van der Waals surface area contributed by atoms with Crippen LogP contribution >= 0.6 is 45.2 Å². The Balaban J connectivity index is 2.24. The first-order valence-corrected chi connectivity index (χ1v) is 10.5. The van der Waals surface area contributed by atoms with E-state index in [0.717, 1.165) is 12.8 Å². The van der Waals surface area contributed by atoms with Gasteiger partial charge in [0, 0.05) is 7.14 Å². The monoisotopic (exact) mass is 538 g/mol. The molecule has 122 valence electrons. The van der Waals surface area contributed by atoms with Crippen LogP contribution in [0, 0.1) is 7.14 Å².